The Balaban J connectivity index is 1.69. The van der Waals surface area contributed by atoms with Gasteiger partial charge in [-0.25, -0.2) is 4.79 Å². The Morgan fingerprint density at radius 3 is 2.19 bits per heavy atom. The predicted octanol–water partition coefficient (Wildman–Crippen LogP) is 4.84. The van der Waals surface area contributed by atoms with Gasteiger partial charge in [-0.15, -0.1) is 0 Å². The van der Waals surface area contributed by atoms with Gasteiger partial charge in [-0.3, -0.25) is 19.8 Å². The molecule has 2 amide bonds. The van der Waals surface area contributed by atoms with Crippen LogP contribution in [0.4, 0.5) is 5.69 Å². The van der Waals surface area contributed by atoms with E-state index in [-0.39, 0.29) is 10.7 Å². The first-order valence-electron chi connectivity index (χ1n) is 11.5. The molecule has 0 saturated carbocycles. The average molecular weight is 502 g/mol. The topological polar surface area (TPSA) is 80.6 Å². The van der Waals surface area contributed by atoms with E-state index in [2.05, 4.69) is 19.2 Å². The van der Waals surface area contributed by atoms with Gasteiger partial charge >= 0.3 is 5.97 Å². The zero-order chi connectivity index (χ0) is 26.1. The van der Waals surface area contributed by atoms with Crippen LogP contribution in [0.2, 0.25) is 0 Å². The first-order chi connectivity index (χ1) is 17.1. The molecule has 0 spiro atoms. The number of hydrogen-bond donors (Lipinski definition) is 1. The highest BCUT2D eigenvalue weighted by molar-refractivity contribution is 7.80. The molecule has 2 aromatic carbocycles. The van der Waals surface area contributed by atoms with E-state index in [1.807, 2.05) is 60.9 Å². The largest absolute Gasteiger partial charge is 0.465 e. The summed E-state index contributed by atoms with van der Waals surface area (Å²) in [6.07, 6.45) is 1.59. The number of carbonyl (C=O) groups is 3. The lowest BCUT2D eigenvalue weighted by atomic mass is 10.0. The lowest BCUT2D eigenvalue weighted by Gasteiger charge is -2.29. The van der Waals surface area contributed by atoms with Crippen LogP contribution in [0.15, 0.2) is 60.2 Å². The van der Waals surface area contributed by atoms with Gasteiger partial charge in [0.15, 0.2) is 5.11 Å². The van der Waals surface area contributed by atoms with Crippen molar-refractivity contribution in [1.82, 2.24) is 9.88 Å². The fraction of sp³-hybridized carbons (Fsp3) is 0.214. The van der Waals surface area contributed by atoms with Gasteiger partial charge in [-0.1, -0.05) is 26.0 Å². The van der Waals surface area contributed by atoms with Crippen LogP contribution in [0.25, 0.3) is 11.8 Å². The number of hydrogen-bond acceptors (Lipinski definition) is 5. The minimum Gasteiger partial charge on any atom is -0.465 e. The lowest BCUT2D eigenvalue weighted by Crippen LogP contribution is -2.54. The van der Waals surface area contributed by atoms with Gasteiger partial charge in [0.1, 0.15) is 5.57 Å². The molecule has 36 heavy (non-hydrogen) atoms. The number of benzene rings is 2. The zero-order valence-corrected chi connectivity index (χ0v) is 21.6. The Kier molecular flexibility index (Phi) is 6.90. The molecule has 0 radical (unpaired) electrons. The molecule has 1 fully saturated rings. The normalized spacial score (nSPS) is 15.0. The highest BCUT2D eigenvalue weighted by atomic mass is 32.1. The summed E-state index contributed by atoms with van der Waals surface area (Å²) < 4.78 is 6.76. The molecule has 1 aromatic heterocycles. The van der Waals surface area contributed by atoms with E-state index in [1.165, 1.54) is 12.0 Å². The van der Waals surface area contributed by atoms with Gasteiger partial charge < -0.3 is 9.30 Å². The number of ether oxygens (including phenoxy) is 1. The predicted molar refractivity (Wildman–Crippen MR) is 143 cm³/mol. The van der Waals surface area contributed by atoms with Crippen LogP contribution in [0, 0.1) is 13.8 Å². The summed E-state index contributed by atoms with van der Waals surface area (Å²) in [6.45, 7) is 8.03. The number of aromatic nitrogens is 1. The second kappa shape index (κ2) is 9.91. The van der Waals surface area contributed by atoms with Crippen molar-refractivity contribution in [2.45, 2.75) is 33.6 Å². The van der Waals surface area contributed by atoms with E-state index in [9.17, 15) is 14.4 Å². The van der Waals surface area contributed by atoms with Crippen LogP contribution in [0.5, 0.6) is 0 Å². The number of amides is 2. The van der Waals surface area contributed by atoms with E-state index >= 15 is 0 Å². The Morgan fingerprint density at radius 2 is 1.61 bits per heavy atom. The summed E-state index contributed by atoms with van der Waals surface area (Å²) in [7, 11) is 1.34. The third kappa shape index (κ3) is 4.59. The SMILES string of the molecule is COC(=O)c1ccc(-n2c(C)cc(/C=C3\C(=O)NC(=S)N(c4ccc(C(C)C)cc4)C3=O)c2C)cc1. The second-order valence-corrected chi connectivity index (χ2v) is 9.29. The molecule has 3 aromatic rings. The summed E-state index contributed by atoms with van der Waals surface area (Å²) in [4.78, 5) is 39.3. The number of aryl methyl sites for hydroxylation is 1. The monoisotopic (exact) mass is 501 g/mol. The van der Waals surface area contributed by atoms with Crippen molar-refractivity contribution < 1.29 is 19.1 Å². The summed E-state index contributed by atoms with van der Waals surface area (Å²) in [5.41, 5.74) is 5.50. The van der Waals surface area contributed by atoms with Crippen molar-refractivity contribution in [1.29, 1.82) is 0 Å². The van der Waals surface area contributed by atoms with Gasteiger partial charge in [-0.2, -0.15) is 0 Å². The molecule has 0 unspecified atom stereocenters. The number of anilines is 1. The van der Waals surface area contributed by atoms with Crippen LogP contribution >= 0.6 is 12.2 Å². The number of carbonyl (C=O) groups excluding carboxylic acids is 3. The van der Waals surface area contributed by atoms with Gasteiger partial charge in [0.2, 0.25) is 0 Å². The molecule has 0 atom stereocenters. The number of nitrogens with one attached hydrogen (secondary N) is 1. The van der Waals surface area contributed by atoms with Crippen molar-refractivity contribution in [3.63, 3.8) is 0 Å². The van der Waals surface area contributed by atoms with Gasteiger partial charge in [0.25, 0.3) is 11.8 Å². The summed E-state index contributed by atoms with van der Waals surface area (Å²) in [5, 5.41) is 2.69. The Morgan fingerprint density at radius 1 is 1.00 bits per heavy atom. The maximum Gasteiger partial charge on any atom is 0.337 e. The Bertz CT molecular complexity index is 1400. The summed E-state index contributed by atoms with van der Waals surface area (Å²) >= 11 is 5.33. The number of rotatable bonds is 5. The highest BCUT2D eigenvalue weighted by Gasteiger charge is 2.34. The molecule has 184 valence electrons. The minimum absolute atomic E-state index is 0.00201. The molecule has 8 heteroatoms. The van der Waals surface area contributed by atoms with Gasteiger partial charge in [-0.05, 0) is 91.7 Å². The Labute approximate surface area is 215 Å². The van der Waals surface area contributed by atoms with Crippen molar-refractivity contribution in [2.75, 3.05) is 12.0 Å². The number of methoxy groups -OCH3 is 1. The molecule has 1 saturated heterocycles. The zero-order valence-electron chi connectivity index (χ0n) is 20.8. The second-order valence-electron chi connectivity index (χ2n) is 8.90. The van der Waals surface area contributed by atoms with Gasteiger partial charge in [0.05, 0.1) is 18.4 Å². The van der Waals surface area contributed by atoms with E-state index in [4.69, 9.17) is 17.0 Å². The lowest BCUT2D eigenvalue weighted by molar-refractivity contribution is -0.122. The molecule has 2 heterocycles. The van der Waals surface area contributed by atoms with Crippen LogP contribution in [0.1, 0.15) is 52.6 Å². The molecule has 1 N–H and O–H groups in total. The smallest absolute Gasteiger partial charge is 0.337 e. The molecule has 4 rings (SSSR count). The van der Waals surface area contributed by atoms with Crippen molar-refractivity contribution >= 4 is 46.9 Å². The molecular formula is C28H27N3O4S. The molecule has 0 bridgehead atoms. The van der Waals surface area contributed by atoms with Crippen LogP contribution in [-0.2, 0) is 14.3 Å². The number of thiocarbonyl (C=S) groups is 1. The fourth-order valence-corrected chi connectivity index (χ4v) is 4.53. The third-order valence-corrected chi connectivity index (χ3v) is 6.52. The summed E-state index contributed by atoms with van der Waals surface area (Å²) in [5.74, 6) is -1.07. The van der Waals surface area contributed by atoms with Crippen molar-refractivity contribution in [3.05, 3.63) is 88.2 Å². The first-order valence-corrected chi connectivity index (χ1v) is 11.9. The van der Waals surface area contributed by atoms with Crippen molar-refractivity contribution in [3.8, 4) is 5.69 Å². The van der Waals surface area contributed by atoms with E-state index in [1.54, 1.807) is 18.2 Å². The standard InChI is InChI=1S/C28H27N3O4S/c1-16(2)19-6-10-23(11-7-19)31-26(33)24(25(32)29-28(31)36)15-21-14-17(3)30(18(21)4)22-12-8-20(9-13-22)27(34)35-5/h6-16H,1-5H3,(H,29,32,36)/b24-15+. The average Bonchev–Trinajstić information content (AvgIpc) is 3.14. The first kappa shape index (κ1) is 25.1. The molecule has 7 nitrogen and oxygen atoms in total. The van der Waals surface area contributed by atoms with Crippen molar-refractivity contribution in [2.24, 2.45) is 0 Å². The van der Waals surface area contributed by atoms with Crippen LogP contribution in [0.3, 0.4) is 0 Å². The molecule has 1 aliphatic rings. The Hall–Kier alpha value is -4.04. The molecule has 1 aliphatic heterocycles. The minimum atomic E-state index is -0.535. The van der Waals surface area contributed by atoms with E-state index in [0.29, 0.717) is 17.2 Å². The number of esters is 1. The third-order valence-electron chi connectivity index (χ3n) is 6.24. The van der Waals surface area contributed by atoms with Crippen LogP contribution in [-0.4, -0.2) is 34.6 Å². The number of nitrogens with zero attached hydrogens (tertiary/aromatic N) is 2. The van der Waals surface area contributed by atoms with E-state index < -0.39 is 17.8 Å². The molecule has 0 aliphatic carbocycles. The highest BCUT2D eigenvalue weighted by Crippen LogP contribution is 2.27. The summed E-state index contributed by atoms with van der Waals surface area (Å²) in [6, 6.07) is 16.5. The van der Waals surface area contributed by atoms with E-state index in [0.717, 1.165) is 28.2 Å². The molecular weight excluding hydrogens is 474 g/mol. The van der Waals surface area contributed by atoms with Crippen LogP contribution < -0.4 is 10.2 Å². The quantitative estimate of drug-likeness (QED) is 0.234. The maximum atomic E-state index is 13.4. The van der Waals surface area contributed by atoms with Gasteiger partial charge in [0, 0.05) is 17.1 Å². The fourth-order valence-electron chi connectivity index (χ4n) is 4.25. The maximum absolute atomic E-state index is 13.4.